The molecule has 0 radical (unpaired) electrons. The lowest BCUT2D eigenvalue weighted by Crippen LogP contribution is -2.18. The van der Waals surface area contributed by atoms with Gasteiger partial charge >= 0.3 is 0 Å². The molecule has 1 aliphatic rings. The summed E-state index contributed by atoms with van der Waals surface area (Å²) in [6, 6.07) is 11.1. The molecule has 1 aromatic heterocycles. The van der Waals surface area contributed by atoms with Crippen LogP contribution >= 0.6 is 11.6 Å². The first-order valence-electron chi connectivity index (χ1n) is 7.34. The molecule has 0 unspecified atom stereocenters. The van der Waals surface area contributed by atoms with Gasteiger partial charge in [0, 0.05) is 38.6 Å². The molecule has 0 atom stereocenters. The van der Waals surface area contributed by atoms with Gasteiger partial charge in [-0.15, -0.1) is 0 Å². The molecule has 1 heterocycles. The molecule has 0 saturated heterocycles. The molecule has 3 rings (SSSR count). The van der Waals surface area contributed by atoms with E-state index in [4.69, 9.17) is 11.6 Å². The third kappa shape index (κ3) is 3.96. The van der Waals surface area contributed by atoms with Gasteiger partial charge in [0.25, 0.3) is 0 Å². The van der Waals surface area contributed by atoms with Crippen LogP contribution in [0.25, 0.3) is 0 Å². The number of hydrogen-bond acceptors (Lipinski definition) is 3. The van der Waals surface area contributed by atoms with Crippen LogP contribution in [0.2, 0.25) is 5.02 Å². The minimum Gasteiger partial charge on any atom is -0.369 e. The summed E-state index contributed by atoms with van der Waals surface area (Å²) in [5.41, 5.74) is 3.47. The molecule has 0 aliphatic heterocycles. The fourth-order valence-electron chi connectivity index (χ4n) is 2.37. The van der Waals surface area contributed by atoms with E-state index in [1.165, 1.54) is 24.0 Å². The van der Waals surface area contributed by atoms with Gasteiger partial charge in [0.15, 0.2) is 0 Å². The Hall–Kier alpha value is -1.58. The number of anilines is 1. The zero-order valence-corrected chi connectivity index (χ0v) is 13.0. The molecule has 1 saturated carbocycles. The van der Waals surface area contributed by atoms with Gasteiger partial charge in [-0.2, -0.15) is 0 Å². The van der Waals surface area contributed by atoms with Crippen LogP contribution in [0.4, 0.5) is 5.69 Å². The molecule has 0 amide bonds. The maximum Gasteiger partial charge on any atom is 0.0642 e. The topological polar surface area (TPSA) is 28.2 Å². The van der Waals surface area contributed by atoms with Gasteiger partial charge < -0.3 is 10.2 Å². The van der Waals surface area contributed by atoms with Crippen LogP contribution in [0.15, 0.2) is 42.7 Å². The summed E-state index contributed by atoms with van der Waals surface area (Å²) in [6.07, 6.45) is 6.29. The first-order chi connectivity index (χ1) is 10.2. The lowest BCUT2D eigenvalue weighted by atomic mass is 10.2. The van der Waals surface area contributed by atoms with Crippen molar-refractivity contribution in [1.29, 1.82) is 0 Å². The molecule has 1 fully saturated rings. The minimum absolute atomic E-state index is 0.719. The van der Waals surface area contributed by atoms with E-state index in [1.807, 2.05) is 12.3 Å². The summed E-state index contributed by atoms with van der Waals surface area (Å²) >= 11 is 6.44. The number of nitrogens with zero attached hydrogens (tertiary/aromatic N) is 2. The Morgan fingerprint density at radius 3 is 2.81 bits per heavy atom. The average Bonchev–Trinajstić information content (AvgIpc) is 3.30. The number of benzene rings is 1. The van der Waals surface area contributed by atoms with Crippen molar-refractivity contribution in [2.45, 2.75) is 32.0 Å². The van der Waals surface area contributed by atoms with E-state index in [0.29, 0.717) is 0 Å². The third-order valence-corrected chi connectivity index (χ3v) is 4.04. The fourth-order valence-corrected chi connectivity index (χ4v) is 2.72. The fraction of sp³-hybridized carbons (Fsp3) is 0.353. The van der Waals surface area contributed by atoms with Crippen molar-refractivity contribution in [2.75, 3.05) is 11.9 Å². The molecule has 1 N–H and O–H groups in total. The summed E-state index contributed by atoms with van der Waals surface area (Å²) in [6.45, 7) is 1.70. The Morgan fingerprint density at radius 1 is 1.29 bits per heavy atom. The Bertz CT molecular complexity index is 596. The zero-order valence-electron chi connectivity index (χ0n) is 12.2. The molecule has 110 valence electrons. The number of aromatic nitrogens is 1. The second-order valence-corrected chi connectivity index (χ2v) is 6.07. The molecule has 1 aromatic carbocycles. The van der Waals surface area contributed by atoms with Crippen molar-refractivity contribution < 1.29 is 0 Å². The lowest BCUT2D eigenvalue weighted by Gasteiger charge is -2.21. The standard InChI is InChI=1S/C17H20ClN3/c1-21(12-14-3-2-8-19-10-14)17-7-4-13(9-16(17)18)11-20-15-5-6-15/h2-4,7-10,15,20H,5-6,11-12H2,1H3. The highest BCUT2D eigenvalue weighted by atomic mass is 35.5. The second kappa shape index (κ2) is 6.46. The van der Waals surface area contributed by atoms with Crippen LogP contribution < -0.4 is 10.2 Å². The van der Waals surface area contributed by atoms with Crippen molar-refractivity contribution in [3.05, 3.63) is 58.9 Å². The highest BCUT2D eigenvalue weighted by Gasteiger charge is 2.20. The summed E-state index contributed by atoms with van der Waals surface area (Å²) in [5, 5.41) is 4.31. The van der Waals surface area contributed by atoms with Gasteiger partial charge in [0.1, 0.15) is 0 Å². The molecule has 4 heteroatoms. The molecule has 3 nitrogen and oxygen atoms in total. The first kappa shape index (κ1) is 14.4. The van der Waals surface area contributed by atoms with Crippen LogP contribution in [-0.2, 0) is 13.1 Å². The predicted octanol–water partition coefficient (Wildman–Crippen LogP) is 3.62. The Balaban J connectivity index is 1.66. The SMILES string of the molecule is CN(Cc1cccnc1)c1ccc(CNC2CC2)cc1Cl. The van der Waals surface area contributed by atoms with E-state index < -0.39 is 0 Å². The van der Waals surface area contributed by atoms with E-state index in [2.05, 4.69) is 46.5 Å². The highest BCUT2D eigenvalue weighted by Crippen LogP contribution is 2.27. The molecule has 1 aliphatic carbocycles. The van der Waals surface area contributed by atoms with Crippen LogP contribution in [0.1, 0.15) is 24.0 Å². The highest BCUT2D eigenvalue weighted by molar-refractivity contribution is 6.33. The quantitative estimate of drug-likeness (QED) is 0.883. The molecular formula is C17H20ClN3. The van der Waals surface area contributed by atoms with Crippen molar-refractivity contribution in [1.82, 2.24) is 10.3 Å². The number of rotatable bonds is 6. The summed E-state index contributed by atoms with van der Waals surface area (Å²) in [4.78, 5) is 6.30. The summed E-state index contributed by atoms with van der Waals surface area (Å²) in [7, 11) is 2.05. The van der Waals surface area contributed by atoms with Gasteiger partial charge in [-0.3, -0.25) is 4.98 Å². The van der Waals surface area contributed by atoms with Crippen molar-refractivity contribution >= 4 is 17.3 Å². The lowest BCUT2D eigenvalue weighted by molar-refractivity contribution is 0.688. The third-order valence-electron chi connectivity index (χ3n) is 3.74. The van der Waals surface area contributed by atoms with Crippen molar-refractivity contribution in [3.63, 3.8) is 0 Å². The normalized spacial score (nSPS) is 14.2. The number of hydrogen-bond donors (Lipinski definition) is 1. The van der Waals surface area contributed by atoms with E-state index in [-0.39, 0.29) is 0 Å². The maximum absolute atomic E-state index is 6.44. The van der Waals surface area contributed by atoms with Gasteiger partial charge in [0.2, 0.25) is 0 Å². The number of nitrogens with one attached hydrogen (secondary N) is 1. The van der Waals surface area contributed by atoms with Crippen molar-refractivity contribution in [2.24, 2.45) is 0 Å². The molecule has 21 heavy (non-hydrogen) atoms. The number of pyridine rings is 1. The van der Waals surface area contributed by atoms with E-state index in [9.17, 15) is 0 Å². The van der Waals surface area contributed by atoms with E-state index in [1.54, 1.807) is 6.20 Å². The monoisotopic (exact) mass is 301 g/mol. The molecular weight excluding hydrogens is 282 g/mol. The van der Waals surface area contributed by atoms with E-state index >= 15 is 0 Å². The Kier molecular flexibility index (Phi) is 4.42. The summed E-state index contributed by atoms with van der Waals surface area (Å²) < 4.78 is 0. The molecule has 0 bridgehead atoms. The zero-order chi connectivity index (χ0) is 14.7. The second-order valence-electron chi connectivity index (χ2n) is 5.66. The summed E-state index contributed by atoms with van der Waals surface area (Å²) in [5.74, 6) is 0. The number of halogens is 1. The Labute approximate surface area is 131 Å². The van der Waals surface area contributed by atoms with Crippen LogP contribution in [0.5, 0.6) is 0 Å². The average molecular weight is 302 g/mol. The largest absolute Gasteiger partial charge is 0.369 e. The minimum atomic E-state index is 0.719. The first-order valence-corrected chi connectivity index (χ1v) is 7.72. The van der Waals surface area contributed by atoms with Gasteiger partial charge in [-0.05, 0) is 42.2 Å². The van der Waals surface area contributed by atoms with Crippen LogP contribution in [-0.4, -0.2) is 18.1 Å². The van der Waals surface area contributed by atoms with Gasteiger partial charge in [-0.25, -0.2) is 0 Å². The molecule has 0 spiro atoms. The van der Waals surface area contributed by atoms with E-state index in [0.717, 1.165) is 29.8 Å². The van der Waals surface area contributed by atoms with Crippen molar-refractivity contribution in [3.8, 4) is 0 Å². The smallest absolute Gasteiger partial charge is 0.0642 e. The van der Waals surface area contributed by atoms with Crippen LogP contribution in [0.3, 0.4) is 0 Å². The maximum atomic E-state index is 6.44. The molecule has 2 aromatic rings. The van der Waals surface area contributed by atoms with Gasteiger partial charge in [0.05, 0.1) is 10.7 Å². The Morgan fingerprint density at radius 2 is 2.14 bits per heavy atom. The van der Waals surface area contributed by atoms with Gasteiger partial charge in [-0.1, -0.05) is 23.7 Å². The predicted molar refractivity (Wildman–Crippen MR) is 87.7 cm³/mol. The van der Waals surface area contributed by atoms with Crippen LogP contribution in [0, 0.1) is 0 Å².